The highest BCUT2D eigenvalue weighted by Gasteiger charge is 2.36. The zero-order valence-electron chi connectivity index (χ0n) is 9.50. The molecule has 0 aliphatic carbocycles. The number of nitrogens with one attached hydrogen (secondary N) is 1. The van der Waals surface area contributed by atoms with E-state index in [1.165, 1.54) is 12.8 Å². The quantitative estimate of drug-likeness (QED) is 0.851. The SMILES string of the molecule is Clc1cnc(N2CCCC3CNCC32)c(Cl)c1. The van der Waals surface area contributed by atoms with Gasteiger partial charge in [0.15, 0.2) is 0 Å². The Kier molecular flexibility index (Phi) is 3.16. The van der Waals surface area contributed by atoms with E-state index >= 15 is 0 Å². The van der Waals surface area contributed by atoms with Gasteiger partial charge in [-0.25, -0.2) is 4.98 Å². The Morgan fingerprint density at radius 2 is 2.24 bits per heavy atom. The molecule has 2 aliphatic heterocycles. The molecule has 0 amide bonds. The van der Waals surface area contributed by atoms with Gasteiger partial charge in [0.25, 0.3) is 0 Å². The maximum Gasteiger partial charge on any atom is 0.147 e. The van der Waals surface area contributed by atoms with Crippen molar-refractivity contribution in [2.24, 2.45) is 5.92 Å². The summed E-state index contributed by atoms with van der Waals surface area (Å²) in [5.74, 6) is 1.62. The third kappa shape index (κ3) is 2.12. The topological polar surface area (TPSA) is 28.2 Å². The zero-order valence-corrected chi connectivity index (χ0v) is 11.0. The maximum atomic E-state index is 6.24. The molecule has 5 heteroatoms. The number of piperidine rings is 1. The van der Waals surface area contributed by atoms with Crippen molar-refractivity contribution in [2.45, 2.75) is 18.9 Å². The second-order valence-electron chi connectivity index (χ2n) is 4.78. The van der Waals surface area contributed by atoms with Gasteiger partial charge in [0, 0.05) is 31.9 Å². The van der Waals surface area contributed by atoms with Crippen LogP contribution in [0.25, 0.3) is 0 Å². The number of rotatable bonds is 1. The lowest BCUT2D eigenvalue weighted by molar-refractivity contribution is 0.383. The first-order valence-electron chi connectivity index (χ1n) is 6.04. The smallest absolute Gasteiger partial charge is 0.147 e. The second kappa shape index (κ2) is 4.63. The molecule has 3 rings (SSSR count). The van der Waals surface area contributed by atoms with Crippen molar-refractivity contribution >= 4 is 29.0 Å². The lowest BCUT2D eigenvalue weighted by Gasteiger charge is -2.38. The van der Waals surface area contributed by atoms with Crippen molar-refractivity contribution in [3.05, 3.63) is 22.3 Å². The molecule has 0 saturated carbocycles. The molecule has 2 atom stereocenters. The summed E-state index contributed by atoms with van der Waals surface area (Å²) in [5, 5.41) is 4.71. The first kappa shape index (κ1) is 11.6. The molecular weight excluding hydrogens is 257 g/mol. The lowest BCUT2D eigenvalue weighted by atomic mass is 9.92. The van der Waals surface area contributed by atoms with Gasteiger partial charge in [0.05, 0.1) is 10.0 Å². The minimum Gasteiger partial charge on any atom is -0.351 e. The van der Waals surface area contributed by atoms with E-state index in [0.29, 0.717) is 16.1 Å². The Bertz CT molecular complexity index is 424. The van der Waals surface area contributed by atoms with E-state index in [1.54, 1.807) is 12.3 Å². The minimum atomic E-state index is 0.537. The number of halogens is 2. The van der Waals surface area contributed by atoms with E-state index in [1.807, 2.05) is 0 Å². The number of anilines is 1. The Morgan fingerprint density at radius 3 is 3.06 bits per heavy atom. The predicted molar refractivity (Wildman–Crippen MR) is 71.0 cm³/mol. The third-order valence-corrected chi connectivity index (χ3v) is 4.22. The Hall–Kier alpha value is -0.510. The highest BCUT2D eigenvalue weighted by molar-refractivity contribution is 6.36. The lowest BCUT2D eigenvalue weighted by Crippen LogP contribution is -2.45. The van der Waals surface area contributed by atoms with Crippen molar-refractivity contribution in [3.8, 4) is 0 Å². The van der Waals surface area contributed by atoms with Gasteiger partial charge >= 0.3 is 0 Å². The Balaban J connectivity index is 1.91. The van der Waals surface area contributed by atoms with E-state index in [9.17, 15) is 0 Å². The van der Waals surface area contributed by atoms with E-state index < -0.39 is 0 Å². The standard InChI is InChI=1S/C12H15Cl2N3/c13-9-4-10(14)12(16-6-9)17-3-1-2-8-5-15-7-11(8)17/h4,6,8,11,15H,1-3,5,7H2. The normalized spacial score (nSPS) is 28.2. The fourth-order valence-corrected chi connectivity index (χ4v) is 3.44. The first-order valence-corrected chi connectivity index (χ1v) is 6.79. The molecule has 2 fully saturated rings. The van der Waals surface area contributed by atoms with E-state index in [-0.39, 0.29) is 0 Å². The third-order valence-electron chi connectivity index (χ3n) is 3.74. The second-order valence-corrected chi connectivity index (χ2v) is 5.62. The average Bonchev–Trinajstić information content (AvgIpc) is 2.77. The van der Waals surface area contributed by atoms with Crippen LogP contribution in [0.4, 0.5) is 5.82 Å². The number of hydrogen-bond donors (Lipinski definition) is 1. The molecule has 0 aromatic carbocycles. The summed E-state index contributed by atoms with van der Waals surface area (Å²) in [4.78, 5) is 6.74. The molecule has 2 aliphatic rings. The van der Waals surface area contributed by atoms with E-state index in [0.717, 1.165) is 31.4 Å². The summed E-state index contributed by atoms with van der Waals surface area (Å²) in [7, 11) is 0. The number of pyridine rings is 1. The van der Waals surface area contributed by atoms with Crippen LogP contribution in [-0.2, 0) is 0 Å². The molecule has 0 radical (unpaired) electrons. The largest absolute Gasteiger partial charge is 0.351 e. The molecule has 2 saturated heterocycles. The molecule has 3 nitrogen and oxygen atoms in total. The molecule has 1 aromatic rings. The molecule has 17 heavy (non-hydrogen) atoms. The Labute approximate surface area is 111 Å². The van der Waals surface area contributed by atoms with Crippen molar-refractivity contribution < 1.29 is 0 Å². The van der Waals surface area contributed by atoms with Gasteiger partial charge in [-0.2, -0.15) is 0 Å². The molecule has 0 bridgehead atoms. The summed E-state index contributed by atoms with van der Waals surface area (Å²) in [6, 6.07) is 2.31. The van der Waals surface area contributed by atoms with Crippen LogP contribution in [0.2, 0.25) is 10.0 Å². The van der Waals surface area contributed by atoms with Crippen molar-refractivity contribution in [1.29, 1.82) is 0 Å². The van der Waals surface area contributed by atoms with Gasteiger partial charge in [0.2, 0.25) is 0 Å². The summed E-state index contributed by atoms with van der Waals surface area (Å²) in [5.41, 5.74) is 0. The van der Waals surface area contributed by atoms with Crippen LogP contribution >= 0.6 is 23.2 Å². The van der Waals surface area contributed by atoms with Gasteiger partial charge in [-0.1, -0.05) is 23.2 Å². The highest BCUT2D eigenvalue weighted by atomic mass is 35.5. The number of nitrogens with zero attached hydrogens (tertiary/aromatic N) is 2. The minimum absolute atomic E-state index is 0.537. The predicted octanol–water partition coefficient (Wildman–Crippen LogP) is 2.58. The molecule has 1 N–H and O–H groups in total. The van der Waals surface area contributed by atoms with Crippen LogP contribution in [0.5, 0.6) is 0 Å². The van der Waals surface area contributed by atoms with E-state index in [2.05, 4.69) is 15.2 Å². The van der Waals surface area contributed by atoms with Crippen molar-refractivity contribution in [3.63, 3.8) is 0 Å². The van der Waals surface area contributed by atoms with Crippen LogP contribution in [0, 0.1) is 5.92 Å². The van der Waals surface area contributed by atoms with Crippen LogP contribution < -0.4 is 10.2 Å². The van der Waals surface area contributed by atoms with Crippen molar-refractivity contribution in [1.82, 2.24) is 10.3 Å². The molecule has 92 valence electrons. The number of aromatic nitrogens is 1. The van der Waals surface area contributed by atoms with Gasteiger partial charge < -0.3 is 10.2 Å². The fourth-order valence-electron chi connectivity index (χ4n) is 2.95. The maximum absolute atomic E-state index is 6.24. The van der Waals surface area contributed by atoms with Crippen LogP contribution in [0.1, 0.15) is 12.8 Å². The fraction of sp³-hybridized carbons (Fsp3) is 0.583. The molecular formula is C12H15Cl2N3. The van der Waals surface area contributed by atoms with E-state index in [4.69, 9.17) is 23.2 Å². The number of hydrogen-bond acceptors (Lipinski definition) is 3. The van der Waals surface area contributed by atoms with Gasteiger partial charge in [0.1, 0.15) is 5.82 Å². The van der Waals surface area contributed by atoms with Crippen LogP contribution in [0.3, 0.4) is 0 Å². The summed E-state index contributed by atoms with van der Waals surface area (Å²) in [6.07, 6.45) is 4.19. The van der Waals surface area contributed by atoms with Crippen molar-refractivity contribution in [2.75, 3.05) is 24.5 Å². The summed E-state index contributed by atoms with van der Waals surface area (Å²) < 4.78 is 0. The Morgan fingerprint density at radius 1 is 1.35 bits per heavy atom. The van der Waals surface area contributed by atoms with Gasteiger partial charge in [-0.3, -0.25) is 0 Å². The van der Waals surface area contributed by atoms with Crippen LogP contribution in [-0.4, -0.2) is 30.7 Å². The molecule has 3 heterocycles. The van der Waals surface area contributed by atoms with Crippen LogP contribution in [0.15, 0.2) is 12.3 Å². The summed E-state index contributed by atoms with van der Waals surface area (Å²) >= 11 is 12.1. The van der Waals surface area contributed by atoms with Gasteiger partial charge in [-0.05, 0) is 24.8 Å². The molecule has 2 unspecified atom stereocenters. The number of fused-ring (bicyclic) bond motifs is 1. The monoisotopic (exact) mass is 271 g/mol. The first-order chi connectivity index (χ1) is 8.25. The van der Waals surface area contributed by atoms with Gasteiger partial charge in [-0.15, -0.1) is 0 Å². The highest BCUT2D eigenvalue weighted by Crippen LogP contribution is 2.34. The zero-order chi connectivity index (χ0) is 11.8. The average molecular weight is 272 g/mol. The molecule has 0 spiro atoms. The summed E-state index contributed by atoms with van der Waals surface area (Å²) in [6.45, 7) is 3.19. The molecule has 1 aromatic heterocycles.